The first-order valence-electron chi connectivity index (χ1n) is 7.01. The van der Waals surface area contributed by atoms with Gasteiger partial charge in [0.05, 0.1) is 23.3 Å². The summed E-state index contributed by atoms with van der Waals surface area (Å²) in [6.45, 7) is 2.08. The van der Waals surface area contributed by atoms with Crippen molar-refractivity contribution in [3.63, 3.8) is 0 Å². The van der Waals surface area contributed by atoms with Crippen LogP contribution in [0, 0.1) is 0 Å². The second kappa shape index (κ2) is 6.99. The van der Waals surface area contributed by atoms with E-state index in [0.717, 1.165) is 6.42 Å². The summed E-state index contributed by atoms with van der Waals surface area (Å²) < 4.78 is 1.38. The Labute approximate surface area is 122 Å². The number of para-hydroxylation sites is 2. The van der Waals surface area contributed by atoms with Crippen LogP contribution >= 0.6 is 0 Å². The van der Waals surface area contributed by atoms with E-state index in [4.69, 9.17) is 0 Å². The molecule has 0 spiro atoms. The smallest absolute Gasteiger partial charge is 0.269 e. The van der Waals surface area contributed by atoms with E-state index in [1.807, 2.05) is 13.0 Å². The highest BCUT2D eigenvalue weighted by Crippen LogP contribution is 2.07. The van der Waals surface area contributed by atoms with Crippen LogP contribution < -0.4 is 10.9 Å². The molecule has 21 heavy (non-hydrogen) atoms. The van der Waals surface area contributed by atoms with E-state index in [9.17, 15) is 14.7 Å². The quantitative estimate of drug-likeness (QED) is 0.819. The number of benzene rings is 1. The molecular weight excluding hydrogens is 270 g/mol. The molecule has 1 aromatic heterocycles. The molecule has 2 aromatic rings. The Hall–Kier alpha value is -2.21. The van der Waals surface area contributed by atoms with E-state index in [2.05, 4.69) is 10.3 Å². The van der Waals surface area contributed by atoms with Crippen LogP contribution in [0.1, 0.15) is 19.8 Å². The predicted octanol–water partition coefficient (Wildman–Crippen LogP) is 0.674. The van der Waals surface area contributed by atoms with Crippen LogP contribution in [0.15, 0.2) is 35.3 Å². The van der Waals surface area contributed by atoms with Crippen molar-refractivity contribution in [2.24, 2.45) is 0 Å². The fourth-order valence-electron chi connectivity index (χ4n) is 2.14. The van der Waals surface area contributed by atoms with Gasteiger partial charge >= 0.3 is 0 Å². The number of nitrogens with one attached hydrogen (secondary N) is 1. The van der Waals surface area contributed by atoms with Gasteiger partial charge in [0, 0.05) is 6.54 Å². The number of aliphatic hydroxyl groups is 1. The maximum atomic E-state index is 11.9. The molecule has 112 valence electrons. The highest BCUT2D eigenvalue weighted by Gasteiger charge is 2.10. The monoisotopic (exact) mass is 289 g/mol. The van der Waals surface area contributed by atoms with E-state index < -0.39 is 6.10 Å². The summed E-state index contributed by atoms with van der Waals surface area (Å²) >= 11 is 0. The van der Waals surface area contributed by atoms with E-state index in [-0.39, 0.29) is 24.6 Å². The van der Waals surface area contributed by atoms with Crippen LogP contribution in [0.5, 0.6) is 0 Å². The van der Waals surface area contributed by atoms with Gasteiger partial charge in [-0.25, -0.2) is 4.98 Å². The van der Waals surface area contributed by atoms with Crippen molar-refractivity contribution in [3.8, 4) is 0 Å². The second-order valence-electron chi connectivity index (χ2n) is 4.92. The maximum Gasteiger partial charge on any atom is 0.269 e. The number of rotatable bonds is 6. The van der Waals surface area contributed by atoms with Crippen molar-refractivity contribution in [2.45, 2.75) is 32.4 Å². The normalized spacial score (nSPS) is 12.3. The molecule has 0 saturated carbocycles. The number of hydrogen-bond acceptors (Lipinski definition) is 4. The van der Waals surface area contributed by atoms with Crippen LogP contribution in [0.25, 0.3) is 11.0 Å². The lowest BCUT2D eigenvalue weighted by Gasteiger charge is -2.12. The summed E-state index contributed by atoms with van der Waals surface area (Å²) in [5.74, 6) is -0.302. The van der Waals surface area contributed by atoms with Gasteiger partial charge in [0.15, 0.2) is 0 Å². The van der Waals surface area contributed by atoms with E-state index in [1.165, 1.54) is 10.8 Å². The Kier molecular flexibility index (Phi) is 5.05. The van der Waals surface area contributed by atoms with Gasteiger partial charge in [-0.1, -0.05) is 25.5 Å². The van der Waals surface area contributed by atoms with Crippen LogP contribution in [-0.2, 0) is 11.3 Å². The van der Waals surface area contributed by atoms with Crippen LogP contribution in [0.4, 0.5) is 0 Å². The Bertz CT molecular complexity index is 681. The number of amides is 1. The molecule has 0 aliphatic rings. The first-order valence-corrected chi connectivity index (χ1v) is 7.01. The van der Waals surface area contributed by atoms with Crippen LogP contribution in [0.3, 0.4) is 0 Å². The fraction of sp³-hybridized carbons (Fsp3) is 0.400. The number of fused-ring (bicyclic) bond motifs is 1. The third-order valence-corrected chi connectivity index (χ3v) is 3.21. The third-order valence-electron chi connectivity index (χ3n) is 3.21. The van der Waals surface area contributed by atoms with Gasteiger partial charge < -0.3 is 10.4 Å². The molecule has 1 amide bonds. The summed E-state index contributed by atoms with van der Waals surface area (Å²) in [6.07, 6.45) is 2.15. The zero-order valence-corrected chi connectivity index (χ0v) is 12.0. The van der Waals surface area contributed by atoms with Crippen molar-refractivity contribution in [3.05, 3.63) is 40.8 Å². The number of carbonyl (C=O) groups excluding carboxylic acids is 1. The molecule has 1 atom stereocenters. The zero-order valence-electron chi connectivity index (χ0n) is 12.0. The van der Waals surface area contributed by atoms with Crippen molar-refractivity contribution < 1.29 is 9.90 Å². The number of carbonyl (C=O) groups is 1. The first kappa shape index (κ1) is 15.2. The third kappa shape index (κ3) is 3.88. The highest BCUT2D eigenvalue weighted by atomic mass is 16.3. The van der Waals surface area contributed by atoms with Gasteiger partial charge in [-0.15, -0.1) is 0 Å². The molecule has 0 fully saturated rings. The van der Waals surface area contributed by atoms with Crippen molar-refractivity contribution in [1.29, 1.82) is 0 Å². The van der Waals surface area contributed by atoms with Crippen molar-refractivity contribution >= 4 is 16.9 Å². The van der Waals surface area contributed by atoms with E-state index >= 15 is 0 Å². The highest BCUT2D eigenvalue weighted by molar-refractivity contribution is 5.79. The number of hydrogen-bond donors (Lipinski definition) is 2. The number of nitrogens with zero attached hydrogens (tertiary/aromatic N) is 2. The molecule has 1 heterocycles. The minimum atomic E-state index is -0.551. The summed E-state index contributed by atoms with van der Waals surface area (Å²) in [5, 5.41) is 12.2. The summed E-state index contributed by atoms with van der Waals surface area (Å²) in [7, 11) is 0. The molecule has 0 bridgehead atoms. The lowest BCUT2D eigenvalue weighted by atomic mass is 10.2. The summed E-state index contributed by atoms with van der Waals surface area (Å²) in [5.41, 5.74) is 0.961. The number of aromatic nitrogens is 2. The Morgan fingerprint density at radius 1 is 1.43 bits per heavy atom. The molecule has 2 N–H and O–H groups in total. The molecule has 0 saturated heterocycles. The fourth-order valence-corrected chi connectivity index (χ4v) is 2.14. The largest absolute Gasteiger partial charge is 0.391 e. The topological polar surface area (TPSA) is 84.2 Å². The second-order valence-corrected chi connectivity index (χ2v) is 4.92. The summed E-state index contributed by atoms with van der Waals surface area (Å²) in [6, 6.07) is 7.16. The first-order chi connectivity index (χ1) is 10.1. The van der Waals surface area contributed by atoms with Gasteiger partial charge in [0.2, 0.25) is 5.91 Å². The minimum absolute atomic E-state index is 0.0826. The van der Waals surface area contributed by atoms with Gasteiger partial charge in [-0.05, 0) is 18.6 Å². The molecule has 2 rings (SSSR count). The average molecular weight is 289 g/mol. The Balaban J connectivity index is 2.11. The summed E-state index contributed by atoms with van der Waals surface area (Å²) in [4.78, 5) is 27.8. The Morgan fingerprint density at radius 3 is 2.95 bits per heavy atom. The van der Waals surface area contributed by atoms with Crippen LogP contribution in [-0.4, -0.2) is 33.2 Å². The molecule has 1 unspecified atom stereocenters. The lowest BCUT2D eigenvalue weighted by Crippen LogP contribution is -2.36. The molecular formula is C15H19N3O3. The van der Waals surface area contributed by atoms with Gasteiger partial charge in [0.25, 0.3) is 5.56 Å². The number of aliphatic hydroxyl groups excluding tert-OH is 1. The average Bonchev–Trinajstić information content (AvgIpc) is 2.48. The van der Waals surface area contributed by atoms with Crippen molar-refractivity contribution in [1.82, 2.24) is 14.9 Å². The van der Waals surface area contributed by atoms with E-state index in [0.29, 0.717) is 17.5 Å². The van der Waals surface area contributed by atoms with Crippen molar-refractivity contribution in [2.75, 3.05) is 6.54 Å². The Morgan fingerprint density at radius 2 is 2.19 bits per heavy atom. The van der Waals surface area contributed by atoms with Crippen LogP contribution in [0.2, 0.25) is 0 Å². The molecule has 6 nitrogen and oxygen atoms in total. The standard InChI is InChI=1S/C15H19N3O3/c1-2-5-11(19)8-17-14(20)10-18-13-7-4-3-6-12(13)16-9-15(18)21/h3-4,6-7,9,11,19H,2,5,8,10H2,1H3,(H,17,20). The van der Waals surface area contributed by atoms with Gasteiger partial charge in [-0.3, -0.25) is 14.2 Å². The van der Waals surface area contributed by atoms with Gasteiger partial charge in [0.1, 0.15) is 6.54 Å². The molecule has 6 heteroatoms. The zero-order chi connectivity index (χ0) is 15.2. The molecule has 1 aromatic carbocycles. The maximum absolute atomic E-state index is 11.9. The van der Waals surface area contributed by atoms with E-state index in [1.54, 1.807) is 18.2 Å². The molecule has 0 radical (unpaired) electrons. The van der Waals surface area contributed by atoms with Gasteiger partial charge in [-0.2, -0.15) is 0 Å². The SMILES string of the molecule is CCCC(O)CNC(=O)Cn1c(=O)cnc2ccccc21. The predicted molar refractivity (Wildman–Crippen MR) is 79.9 cm³/mol. The lowest BCUT2D eigenvalue weighted by molar-refractivity contribution is -0.122. The molecule has 0 aliphatic heterocycles. The molecule has 0 aliphatic carbocycles. The minimum Gasteiger partial charge on any atom is -0.391 e.